The monoisotopic (exact) mass is 231 g/mol. The number of nitrogens with one attached hydrogen (secondary N) is 1. The molecule has 1 rings (SSSR count). The van der Waals surface area contributed by atoms with Gasteiger partial charge >= 0.3 is 5.97 Å². The summed E-state index contributed by atoms with van der Waals surface area (Å²) in [6.45, 7) is 5.22. The lowest BCUT2D eigenvalue weighted by Crippen LogP contribution is -2.43. The molecule has 5 heteroatoms. The zero-order valence-electron chi connectivity index (χ0n) is 9.78. The number of carbonyl (C=O) groups is 1. The number of ether oxygens (including phenoxy) is 2. The van der Waals surface area contributed by atoms with Crippen LogP contribution in [0.4, 0.5) is 0 Å². The second-order valence-electron chi connectivity index (χ2n) is 4.03. The van der Waals surface area contributed by atoms with Crippen molar-refractivity contribution < 1.29 is 19.4 Å². The van der Waals surface area contributed by atoms with Gasteiger partial charge in [0.05, 0.1) is 25.2 Å². The molecule has 0 saturated carbocycles. The first-order valence-electron chi connectivity index (χ1n) is 5.87. The maximum Gasteiger partial charge on any atom is 0.307 e. The molecule has 0 radical (unpaired) electrons. The Balaban J connectivity index is 2.10. The molecular weight excluding hydrogens is 210 g/mol. The third-order valence-corrected chi connectivity index (χ3v) is 2.59. The van der Waals surface area contributed by atoms with Gasteiger partial charge in [0.25, 0.3) is 0 Å². The van der Waals surface area contributed by atoms with E-state index in [4.69, 9.17) is 14.6 Å². The summed E-state index contributed by atoms with van der Waals surface area (Å²) < 4.78 is 10.8. The van der Waals surface area contributed by atoms with Crippen LogP contribution in [0.5, 0.6) is 0 Å². The molecule has 94 valence electrons. The van der Waals surface area contributed by atoms with Crippen LogP contribution in [0.3, 0.4) is 0 Å². The highest BCUT2D eigenvalue weighted by molar-refractivity contribution is 5.70. The number of carboxylic acids is 1. The maximum absolute atomic E-state index is 10.8. The van der Waals surface area contributed by atoms with Crippen molar-refractivity contribution in [3.63, 3.8) is 0 Å². The Morgan fingerprint density at radius 3 is 2.88 bits per heavy atom. The lowest BCUT2D eigenvalue weighted by atomic mass is 9.98. The standard InChI is InChI=1S/C11H21NO4/c1-2-3-15-4-5-16-10-6-9(11(13)14)7-12-8-10/h9-10,12H,2-8H2,1H3,(H,13,14). The molecular formula is C11H21NO4. The van der Waals surface area contributed by atoms with Crippen LogP contribution in [-0.4, -0.2) is 50.1 Å². The van der Waals surface area contributed by atoms with Crippen LogP contribution < -0.4 is 5.32 Å². The van der Waals surface area contributed by atoms with Crippen molar-refractivity contribution in [2.75, 3.05) is 32.9 Å². The van der Waals surface area contributed by atoms with E-state index < -0.39 is 5.97 Å². The predicted octanol–water partition coefficient (Wildman–Crippen LogP) is 0.492. The van der Waals surface area contributed by atoms with Crippen molar-refractivity contribution in [3.8, 4) is 0 Å². The zero-order chi connectivity index (χ0) is 11.8. The van der Waals surface area contributed by atoms with E-state index in [1.165, 1.54) is 0 Å². The summed E-state index contributed by atoms with van der Waals surface area (Å²) in [5, 5.41) is 11.9. The molecule has 0 aromatic heterocycles. The van der Waals surface area contributed by atoms with E-state index in [-0.39, 0.29) is 12.0 Å². The Bertz CT molecular complexity index is 210. The van der Waals surface area contributed by atoms with Gasteiger partial charge in [-0.2, -0.15) is 0 Å². The largest absolute Gasteiger partial charge is 0.481 e. The van der Waals surface area contributed by atoms with Crippen LogP contribution >= 0.6 is 0 Å². The Kier molecular flexibility index (Phi) is 6.37. The minimum Gasteiger partial charge on any atom is -0.481 e. The van der Waals surface area contributed by atoms with Crippen molar-refractivity contribution >= 4 is 5.97 Å². The van der Waals surface area contributed by atoms with E-state index in [9.17, 15) is 4.79 Å². The first-order valence-corrected chi connectivity index (χ1v) is 5.87. The fourth-order valence-electron chi connectivity index (χ4n) is 1.74. The lowest BCUT2D eigenvalue weighted by Gasteiger charge is -2.27. The second-order valence-corrected chi connectivity index (χ2v) is 4.03. The number of piperidine rings is 1. The highest BCUT2D eigenvalue weighted by Gasteiger charge is 2.26. The molecule has 1 aliphatic rings. The van der Waals surface area contributed by atoms with Gasteiger partial charge in [-0.1, -0.05) is 6.92 Å². The third-order valence-electron chi connectivity index (χ3n) is 2.59. The average molecular weight is 231 g/mol. The summed E-state index contributed by atoms with van der Waals surface area (Å²) in [6.07, 6.45) is 1.60. The zero-order valence-corrected chi connectivity index (χ0v) is 9.78. The summed E-state index contributed by atoms with van der Waals surface area (Å²) in [6, 6.07) is 0. The van der Waals surface area contributed by atoms with Crippen LogP contribution in [0, 0.1) is 5.92 Å². The molecule has 16 heavy (non-hydrogen) atoms. The summed E-state index contributed by atoms with van der Waals surface area (Å²) in [5.74, 6) is -1.07. The van der Waals surface area contributed by atoms with Crippen LogP contribution in [-0.2, 0) is 14.3 Å². The number of aliphatic carboxylic acids is 1. The minimum absolute atomic E-state index is 0.0000709. The van der Waals surface area contributed by atoms with Crippen molar-refractivity contribution in [1.82, 2.24) is 5.32 Å². The van der Waals surface area contributed by atoms with Crippen molar-refractivity contribution in [1.29, 1.82) is 0 Å². The number of hydrogen-bond donors (Lipinski definition) is 2. The molecule has 0 aromatic rings. The van der Waals surface area contributed by atoms with Crippen LogP contribution in [0.15, 0.2) is 0 Å². The van der Waals surface area contributed by atoms with Gasteiger partial charge in [0.1, 0.15) is 0 Å². The molecule has 2 atom stereocenters. The van der Waals surface area contributed by atoms with Crippen LogP contribution in [0.1, 0.15) is 19.8 Å². The van der Waals surface area contributed by atoms with E-state index in [1.807, 2.05) is 0 Å². The summed E-state index contributed by atoms with van der Waals surface area (Å²) in [4.78, 5) is 10.8. The molecule has 0 bridgehead atoms. The fourth-order valence-corrected chi connectivity index (χ4v) is 1.74. The van der Waals surface area contributed by atoms with Gasteiger partial charge in [-0.05, 0) is 12.8 Å². The van der Waals surface area contributed by atoms with Gasteiger partial charge in [-0.25, -0.2) is 0 Å². The van der Waals surface area contributed by atoms with Gasteiger partial charge in [-0.15, -0.1) is 0 Å². The topological polar surface area (TPSA) is 67.8 Å². The molecule has 2 N–H and O–H groups in total. The normalized spacial score (nSPS) is 25.6. The molecule has 0 aliphatic carbocycles. The smallest absolute Gasteiger partial charge is 0.307 e. The predicted molar refractivity (Wildman–Crippen MR) is 59.5 cm³/mol. The van der Waals surface area contributed by atoms with Crippen molar-refractivity contribution in [3.05, 3.63) is 0 Å². The Labute approximate surface area is 96.1 Å². The van der Waals surface area contributed by atoms with Gasteiger partial charge in [-0.3, -0.25) is 4.79 Å². The SMILES string of the molecule is CCCOCCOC1CNCC(C(=O)O)C1. The lowest BCUT2D eigenvalue weighted by molar-refractivity contribution is -0.144. The van der Waals surface area contributed by atoms with Gasteiger partial charge in [0.15, 0.2) is 0 Å². The molecule has 1 aliphatic heterocycles. The van der Waals surface area contributed by atoms with Crippen LogP contribution in [0.25, 0.3) is 0 Å². The van der Waals surface area contributed by atoms with Gasteiger partial charge in [0.2, 0.25) is 0 Å². The maximum atomic E-state index is 10.8. The molecule has 5 nitrogen and oxygen atoms in total. The van der Waals surface area contributed by atoms with E-state index >= 15 is 0 Å². The Morgan fingerprint density at radius 2 is 2.19 bits per heavy atom. The number of carboxylic acid groups (broad SMARTS) is 1. The average Bonchev–Trinajstić information content (AvgIpc) is 2.29. The molecule has 1 fully saturated rings. The third kappa shape index (κ3) is 4.92. The van der Waals surface area contributed by atoms with Gasteiger partial charge in [0, 0.05) is 19.7 Å². The second kappa shape index (κ2) is 7.60. The Hall–Kier alpha value is -0.650. The van der Waals surface area contributed by atoms with Crippen LogP contribution in [0.2, 0.25) is 0 Å². The van der Waals surface area contributed by atoms with E-state index in [0.717, 1.165) is 19.6 Å². The molecule has 1 heterocycles. The number of hydrogen-bond acceptors (Lipinski definition) is 4. The quantitative estimate of drug-likeness (QED) is 0.624. The van der Waals surface area contributed by atoms with E-state index in [2.05, 4.69) is 12.2 Å². The molecule has 0 amide bonds. The summed E-state index contributed by atoms with van der Waals surface area (Å²) >= 11 is 0. The summed E-state index contributed by atoms with van der Waals surface area (Å²) in [7, 11) is 0. The van der Waals surface area contributed by atoms with Crippen molar-refractivity contribution in [2.24, 2.45) is 5.92 Å². The Morgan fingerprint density at radius 1 is 1.38 bits per heavy atom. The molecule has 1 saturated heterocycles. The first kappa shape index (κ1) is 13.4. The fraction of sp³-hybridized carbons (Fsp3) is 0.909. The first-order chi connectivity index (χ1) is 7.74. The van der Waals surface area contributed by atoms with Gasteiger partial charge < -0.3 is 19.9 Å². The van der Waals surface area contributed by atoms with Crippen molar-refractivity contribution in [2.45, 2.75) is 25.9 Å². The van der Waals surface area contributed by atoms with E-state index in [1.54, 1.807) is 0 Å². The minimum atomic E-state index is -0.747. The summed E-state index contributed by atoms with van der Waals surface area (Å²) in [5.41, 5.74) is 0. The molecule has 0 aromatic carbocycles. The molecule has 2 unspecified atom stereocenters. The van der Waals surface area contributed by atoms with E-state index in [0.29, 0.717) is 26.2 Å². The number of rotatable bonds is 7. The highest BCUT2D eigenvalue weighted by Crippen LogP contribution is 2.13. The highest BCUT2D eigenvalue weighted by atomic mass is 16.5. The molecule has 0 spiro atoms.